The number of nitrogens with zero attached hydrogens (tertiary/aromatic N) is 2. The number of hydrogen-bond acceptors (Lipinski definition) is 5. The highest BCUT2D eigenvalue weighted by molar-refractivity contribution is 5.79. The minimum Gasteiger partial charge on any atom is -0.441 e. The van der Waals surface area contributed by atoms with Crippen LogP contribution in [0.15, 0.2) is 34.7 Å². The standard InChI is InChI=1S/C18H22N2O4/c1-12-15(19-18(24-12)13-5-3-2-4-6-13)9-17(23)20-8-7-14(11-21)16(22)10-20/h2-6,14,16,21-22H,7-11H2,1H3. The summed E-state index contributed by atoms with van der Waals surface area (Å²) in [4.78, 5) is 18.6. The third kappa shape index (κ3) is 3.49. The van der Waals surface area contributed by atoms with Crippen molar-refractivity contribution in [2.45, 2.75) is 25.9 Å². The maximum Gasteiger partial charge on any atom is 0.228 e. The summed E-state index contributed by atoms with van der Waals surface area (Å²) in [6.45, 7) is 2.55. The number of oxazole rings is 1. The van der Waals surface area contributed by atoms with E-state index in [1.807, 2.05) is 30.3 Å². The van der Waals surface area contributed by atoms with Gasteiger partial charge in [0, 0.05) is 31.2 Å². The molecule has 2 heterocycles. The van der Waals surface area contributed by atoms with Gasteiger partial charge in [0.2, 0.25) is 11.8 Å². The van der Waals surface area contributed by atoms with Crippen LogP contribution in [0, 0.1) is 12.8 Å². The third-order valence-corrected chi connectivity index (χ3v) is 4.54. The number of carbonyl (C=O) groups is 1. The Morgan fingerprint density at radius 1 is 1.38 bits per heavy atom. The molecule has 2 aromatic rings. The van der Waals surface area contributed by atoms with Gasteiger partial charge >= 0.3 is 0 Å². The molecule has 1 aromatic heterocycles. The second-order valence-corrected chi connectivity index (χ2v) is 6.20. The summed E-state index contributed by atoms with van der Waals surface area (Å²) >= 11 is 0. The normalized spacial score (nSPS) is 21.0. The first-order chi connectivity index (χ1) is 11.6. The van der Waals surface area contributed by atoms with Crippen LogP contribution in [-0.2, 0) is 11.2 Å². The van der Waals surface area contributed by atoms with Crippen molar-refractivity contribution in [2.24, 2.45) is 5.92 Å². The molecule has 128 valence electrons. The van der Waals surface area contributed by atoms with Crippen LogP contribution in [0.2, 0.25) is 0 Å². The van der Waals surface area contributed by atoms with Crippen LogP contribution in [0.25, 0.3) is 11.5 Å². The summed E-state index contributed by atoms with van der Waals surface area (Å²) in [5, 5.41) is 19.2. The van der Waals surface area contributed by atoms with Crippen LogP contribution >= 0.6 is 0 Å². The second kappa shape index (κ2) is 7.15. The highest BCUT2D eigenvalue weighted by atomic mass is 16.4. The molecule has 3 rings (SSSR count). The lowest BCUT2D eigenvalue weighted by Crippen LogP contribution is -2.48. The first kappa shape index (κ1) is 16.7. The van der Waals surface area contributed by atoms with Gasteiger partial charge in [-0.2, -0.15) is 0 Å². The molecule has 1 amide bonds. The number of rotatable bonds is 4. The number of amides is 1. The van der Waals surface area contributed by atoms with Gasteiger partial charge in [0.25, 0.3) is 0 Å². The van der Waals surface area contributed by atoms with Crippen LogP contribution in [0.1, 0.15) is 17.9 Å². The Morgan fingerprint density at radius 3 is 2.79 bits per heavy atom. The molecule has 0 aliphatic carbocycles. The van der Waals surface area contributed by atoms with E-state index >= 15 is 0 Å². The maximum atomic E-state index is 12.5. The largest absolute Gasteiger partial charge is 0.441 e. The monoisotopic (exact) mass is 330 g/mol. The number of hydrogen-bond donors (Lipinski definition) is 2. The summed E-state index contributed by atoms with van der Waals surface area (Å²) in [5.74, 6) is 0.914. The molecule has 2 N–H and O–H groups in total. The van der Waals surface area contributed by atoms with Gasteiger partial charge in [0.15, 0.2) is 0 Å². The number of benzene rings is 1. The summed E-state index contributed by atoms with van der Waals surface area (Å²) in [6.07, 6.45) is 0.0841. The molecule has 1 aliphatic heterocycles. The third-order valence-electron chi connectivity index (χ3n) is 4.54. The molecular weight excluding hydrogens is 308 g/mol. The zero-order chi connectivity index (χ0) is 17.1. The lowest BCUT2D eigenvalue weighted by molar-refractivity contribution is -0.135. The number of β-amino-alcohol motifs (C(OH)–C–C–N with tert-alkyl or cyclic N) is 1. The molecule has 2 unspecified atom stereocenters. The lowest BCUT2D eigenvalue weighted by atomic mass is 9.94. The predicted octanol–water partition coefficient (Wildman–Crippen LogP) is 1.39. The van der Waals surface area contributed by atoms with Gasteiger partial charge in [-0.1, -0.05) is 18.2 Å². The molecule has 0 saturated carbocycles. The quantitative estimate of drug-likeness (QED) is 0.885. The Balaban J connectivity index is 1.68. The van der Waals surface area contributed by atoms with E-state index in [-0.39, 0.29) is 31.4 Å². The number of carbonyl (C=O) groups excluding carboxylic acids is 1. The van der Waals surface area contributed by atoms with Gasteiger partial charge in [-0.15, -0.1) is 0 Å². The van der Waals surface area contributed by atoms with E-state index in [9.17, 15) is 15.0 Å². The van der Waals surface area contributed by atoms with E-state index in [0.29, 0.717) is 30.3 Å². The molecule has 1 aliphatic rings. The van der Waals surface area contributed by atoms with Crippen molar-refractivity contribution < 1.29 is 19.4 Å². The van der Waals surface area contributed by atoms with Crippen molar-refractivity contribution in [2.75, 3.05) is 19.7 Å². The fraction of sp³-hybridized carbons (Fsp3) is 0.444. The Kier molecular flexibility index (Phi) is 4.97. The molecule has 0 spiro atoms. The molecule has 0 bridgehead atoms. The molecule has 1 fully saturated rings. The molecule has 6 heteroatoms. The van der Waals surface area contributed by atoms with Gasteiger partial charge in [-0.3, -0.25) is 4.79 Å². The van der Waals surface area contributed by atoms with Crippen molar-refractivity contribution in [1.29, 1.82) is 0 Å². The Labute approximate surface area is 140 Å². The number of aliphatic hydroxyl groups excluding tert-OH is 2. The number of aryl methyl sites for hydroxylation is 1. The van der Waals surface area contributed by atoms with E-state index in [1.165, 1.54) is 0 Å². The number of aliphatic hydroxyl groups is 2. The van der Waals surface area contributed by atoms with E-state index in [0.717, 1.165) is 5.56 Å². The number of likely N-dealkylation sites (tertiary alicyclic amines) is 1. The van der Waals surface area contributed by atoms with Gasteiger partial charge in [-0.25, -0.2) is 4.98 Å². The van der Waals surface area contributed by atoms with Crippen molar-refractivity contribution in [1.82, 2.24) is 9.88 Å². The van der Waals surface area contributed by atoms with Crippen molar-refractivity contribution >= 4 is 5.91 Å². The fourth-order valence-electron chi connectivity index (χ4n) is 2.97. The van der Waals surface area contributed by atoms with Crippen molar-refractivity contribution in [3.05, 3.63) is 41.8 Å². The summed E-state index contributed by atoms with van der Waals surface area (Å²) in [7, 11) is 0. The fourth-order valence-corrected chi connectivity index (χ4v) is 2.97. The summed E-state index contributed by atoms with van der Waals surface area (Å²) < 4.78 is 5.68. The zero-order valence-corrected chi connectivity index (χ0v) is 13.7. The average Bonchev–Trinajstić information content (AvgIpc) is 2.96. The van der Waals surface area contributed by atoms with Gasteiger partial charge in [-0.05, 0) is 25.5 Å². The average molecular weight is 330 g/mol. The number of aromatic nitrogens is 1. The van der Waals surface area contributed by atoms with Crippen molar-refractivity contribution in [3.8, 4) is 11.5 Å². The van der Waals surface area contributed by atoms with Crippen LogP contribution in [0.3, 0.4) is 0 Å². The maximum absolute atomic E-state index is 12.5. The minimum atomic E-state index is -0.675. The summed E-state index contributed by atoms with van der Waals surface area (Å²) in [6, 6.07) is 9.56. The summed E-state index contributed by atoms with van der Waals surface area (Å²) in [5.41, 5.74) is 1.50. The molecule has 1 aromatic carbocycles. The Bertz CT molecular complexity index is 698. The first-order valence-corrected chi connectivity index (χ1v) is 8.17. The topological polar surface area (TPSA) is 86.8 Å². The molecule has 6 nitrogen and oxygen atoms in total. The highest BCUT2D eigenvalue weighted by Gasteiger charge is 2.30. The minimum absolute atomic E-state index is 0.0496. The molecule has 24 heavy (non-hydrogen) atoms. The van der Waals surface area contributed by atoms with E-state index in [1.54, 1.807) is 11.8 Å². The van der Waals surface area contributed by atoms with Gasteiger partial charge in [0.05, 0.1) is 18.2 Å². The van der Waals surface area contributed by atoms with Crippen molar-refractivity contribution in [3.63, 3.8) is 0 Å². The number of piperidine rings is 1. The predicted molar refractivity (Wildman–Crippen MR) is 88.2 cm³/mol. The second-order valence-electron chi connectivity index (χ2n) is 6.20. The Hall–Kier alpha value is -2.18. The van der Waals surface area contributed by atoms with Gasteiger partial charge in [0.1, 0.15) is 5.76 Å². The van der Waals surface area contributed by atoms with E-state index in [4.69, 9.17) is 4.42 Å². The first-order valence-electron chi connectivity index (χ1n) is 8.17. The molecule has 1 saturated heterocycles. The Morgan fingerprint density at radius 2 is 2.12 bits per heavy atom. The van der Waals surface area contributed by atoms with Crippen LogP contribution < -0.4 is 0 Å². The van der Waals surface area contributed by atoms with E-state index in [2.05, 4.69) is 4.98 Å². The lowest BCUT2D eigenvalue weighted by Gasteiger charge is -2.35. The SMILES string of the molecule is Cc1oc(-c2ccccc2)nc1CC(=O)N1CCC(CO)C(O)C1. The van der Waals surface area contributed by atoms with Crippen LogP contribution in [0.5, 0.6) is 0 Å². The molecule has 2 atom stereocenters. The highest BCUT2D eigenvalue weighted by Crippen LogP contribution is 2.23. The molecular formula is C18H22N2O4. The van der Waals surface area contributed by atoms with Crippen LogP contribution in [-0.4, -0.2) is 51.8 Å². The van der Waals surface area contributed by atoms with Gasteiger partial charge < -0.3 is 19.5 Å². The van der Waals surface area contributed by atoms with Crippen LogP contribution in [0.4, 0.5) is 0 Å². The molecule has 0 radical (unpaired) electrons. The zero-order valence-electron chi connectivity index (χ0n) is 13.7. The van der Waals surface area contributed by atoms with E-state index < -0.39 is 6.10 Å². The smallest absolute Gasteiger partial charge is 0.228 e.